The number of rotatable bonds is 7. The summed E-state index contributed by atoms with van der Waals surface area (Å²) in [5, 5.41) is 0. The molecule has 0 aliphatic carbocycles. The lowest BCUT2D eigenvalue weighted by Crippen LogP contribution is -2.23. The van der Waals surface area contributed by atoms with E-state index in [1.54, 1.807) is 0 Å². The van der Waals surface area contributed by atoms with Gasteiger partial charge in [0.15, 0.2) is 0 Å². The topological polar surface area (TPSA) is 90.1 Å². The molecule has 0 fully saturated rings. The molecule has 0 aliphatic rings. The van der Waals surface area contributed by atoms with Gasteiger partial charge in [-0.15, -0.1) is 0 Å². The number of hydrogen-bond donors (Lipinski definition) is 4. The van der Waals surface area contributed by atoms with Gasteiger partial charge >= 0.3 is 0 Å². The molecule has 4 heteroatoms. The van der Waals surface area contributed by atoms with Gasteiger partial charge in [0.05, 0.1) is 0 Å². The highest BCUT2D eigenvalue weighted by atomic mass is 15.2. The smallest absolute Gasteiger partial charge is 0.0249 e. The van der Waals surface area contributed by atoms with Crippen LogP contribution in [-0.2, 0) is 0 Å². The Hall–Kier alpha value is -0.580. The highest BCUT2D eigenvalue weighted by Crippen LogP contribution is 2.11. The molecule has 4 nitrogen and oxygen atoms in total. The maximum Gasteiger partial charge on any atom is 0.0249 e. The largest absolute Gasteiger partial charge is 0.330 e. The summed E-state index contributed by atoms with van der Waals surface area (Å²) in [6, 6.07) is 0. The average molecular weight is 186 g/mol. The zero-order chi connectivity index (χ0) is 10.1. The van der Waals surface area contributed by atoms with Crippen molar-refractivity contribution in [2.45, 2.75) is 32.6 Å². The van der Waals surface area contributed by atoms with Gasteiger partial charge < -0.3 is 16.9 Å². The molecule has 7 N–H and O–H groups in total. The molecule has 0 bridgehead atoms. The number of hydrogen-bond acceptors (Lipinski definition) is 4. The summed E-state index contributed by atoms with van der Waals surface area (Å²) in [5.41, 5.74) is 16.0. The lowest BCUT2D eigenvalue weighted by atomic mass is 10.1. The van der Waals surface area contributed by atoms with Crippen LogP contribution in [-0.4, -0.2) is 13.1 Å². The first-order chi connectivity index (χ1) is 6.26. The average Bonchev–Trinajstić information content (AvgIpc) is 2.16. The van der Waals surface area contributed by atoms with Crippen LogP contribution in [0.2, 0.25) is 0 Å². The predicted molar refractivity (Wildman–Crippen MR) is 56.6 cm³/mol. The van der Waals surface area contributed by atoms with Gasteiger partial charge in [-0.2, -0.15) is 0 Å². The van der Waals surface area contributed by atoms with E-state index >= 15 is 0 Å². The second-order valence-corrected chi connectivity index (χ2v) is 3.19. The third kappa shape index (κ3) is 5.63. The quantitative estimate of drug-likeness (QED) is 0.338. The molecule has 0 aromatic carbocycles. The Morgan fingerprint density at radius 3 is 2.08 bits per heavy atom. The van der Waals surface area contributed by atoms with Crippen LogP contribution in [0.4, 0.5) is 0 Å². The SMILES string of the molecule is CC(CCCN)=C(CCCN)NN. The van der Waals surface area contributed by atoms with E-state index in [1.807, 2.05) is 0 Å². The molecule has 0 rings (SSSR count). The number of nitrogens with two attached hydrogens (primary N) is 3. The van der Waals surface area contributed by atoms with Crippen molar-refractivity contribution in [2.24, 2.45) is 17.3 Å². The minimum absolute atomic E-state index is 0.704. The summed E-state index contributed by atoms with van der Waals surface area (Å²) < 4.78 is 0. The van der Waals surface area contributed by atoms with Crippen LogP contribution >= 0.6 is 0 Å². The molecule has 0 amide bonds. The van der Waals surface area contributed by atoms with E-state index in [2.05, 4.69) is 12.3 Å². The summed E-state index contributed by atoms with van der Waals surface area (Å²) in [6.45, 7) is 3.52. The monoisotopic (exact) mass is 186 g/mol. The molecule has 78 valence electrons. The predicted octanol–water partition coefficient (Wildman–Crippen LogP) is 0.202. The van der Waals surface area contributed by atoms with Crippen molar-refractivity contribution in [1.82, 2.24) is 5.43 Å². The molecule has 0 saturated heterocycles. The summed E-state index contributed by atoms with van der Waals surface area (Å²) in [5.74, 6) is 5.41. The van der Waals surface area contributed by atoms with Gasteiger partial charge in [-0.1, -0.05) is 5.57 Å². The Labute approximate surface area is 80.5 Å². The van der Waals surface area contributed by atoms with E-state index < -0.39 is 0 Å². The Bertz CT molecular complexity index is 154. The van der Waals surface area contributed by atoms with E-state index in [4.69, 9.17) is 17.3 Å². The van der Waals surface area contributed by atoms with Crippen molar-refractivity contribution >= 4 is 0 Å². The molecule has 0 heterocycles. The molecule has 0 radical (unpaired) electrons. The first-order valence-corrected chi connectivity index (χ1v) is 4.81. The van der Waals surface area contributed by atoms with E-state index in [0.29, 0.717) is 6.54 Å². The van der Waals surface area contributed by atoms with Crippen molar-refractivity contribution < 1.29 is 0 Å². The third-order valence-corrected chi connectivity index (χ3v) is 2.08. The molecule has 0 unspecified atom stereocenters. The van der Waals surface area contributed by atoms with Crippen molar-refractivity contribution in [3.8, 4) is 0 Å². The second-order valence-electron chi connectivity index (χ2n) is 3.19. The van der Waals surface area contributed by atoms with Gasteiger partial charge in [0, 0.05) is 5.70 Å². The number of hydrazine groups is 1. The Balaban J connectivity index is 3.97. The molecule has 0 atom stereocenters. The molecule has 13 heavy (non-hydrogen) atoms. The fourth-order valence-corrected chi connectivity index (χ4v) is 1.21. The van der Waals surface area contributed by atoms with Gasteiger partial charge in [-0.25, -0.2) is 0 Å². The van der Waals surface area contributed by atoms with E-state index in [1.165, 1.54) is 5.57 Å². The summed E-state index contributed by atoms with van der Waals surface area (Å²) in [4.78, 5) is 0. The van der Waals surface area contributed by atoms with Crippen LogP contribution < -0.4 is 22.7 Å². The van der Waals surface area contributed by atoms with Crippen LogP contribution in [0.15, 0.2) is 11.3 Å². The van der Waals surface area contributed by atoms with Crippen LogP contribution in [0.25, 0.3) is 0 Å². The van der Waals surface area contributed by atoms with Crippen molar-refractivity contribution in [3.63, 3.8) is 0 Å². The third-order valence-electron chi connectivity index (χ3n) is 2.08. The van der Waals surface area contributed by atoms with Crippen molar-refractivity contribution in [3.05, 3.63) is 11.3 Å². The fourth-order valence-electron chi connectivity index (χ4n) is 1.21. The zero-order valence-corrected chi connectivity index (χ0v) is 8.47. The highest BCUT2D eigenvalue weighted by molar-refractivity contribution is 5.09. The summed E-state index contributed by atoms with van der Waals surface area (Å²) in [7, 11) is 0. The lowest BCUT2D eigenvalue weighted by Gasteiger charge is -2.10. The standard InChI is InChI=1S/C9H22N4/c1-8(4-2-6-10)9(13-12)5-3-7-11/h13H,2-7,10-12H2,1H3. The normalized spacial score (nSPS) is 12.6. The van der Waals surface area contributed by atoms with E-state index in [9.17, 15) is 0 Å². The van der Waals surface area contributed by atoms with Gasteiger partial charge in [0.1, 0.15) is 0 Å². The van der Waals surface area contributed by atoms with E-state index in [0.717, 1.165) is 37.9 Å². The summed E-state index contributed by atoms with van der Waals surface area (Å²) in [6.07, 6.45) is 3.93. The number of allylic oxidation sites excluding steroid dienone is 2. The minimum atomic E-state index is 0.704. The number of nitrogens with one attached hydrogen (secondary N) is 1. The zero-order valence-electron chi connectivity index (χ0n) is 8.47. The Morgan fingerprint density at radius 2 is 1.62 bits per heavy atom. The minimum Gasteiger partial charge on any atom is -0.330 e. The maximum absolute atomic E-state index is 5.42. The summed E-state index contributed by atoms with van der Waals surface area (Å²) >= 11 is 0. The van der Waals surface area contributed by atoms with E-state index in [-0.39, 0.29) is 0 Å². The Morgan fingerprint density at radius 1 is 1.08 bits per heavy atom. The molecule has 0 aromatic rings. The maximum atomic E-state index is 5.42. The van der Waals surface area contributed by atoms with Crippen molar-refractivity contribution in [2.75, 3.05) is 13.1 Å². The first-order valence-electron chi connectivity index (χ1n) is 4.81. The van der Waals surface area contributed by atoms with Crippen molar-refractivity contribution in [1.29, 1.82) is 0 Å². The van der Waals surface area contributed by atoms with Crippen LogP contribution in [0.3, 0.4) is 0 Å². The Kier molecular flexibility index (Phi) is 7.68. The second kappa shape index (κ2) is 8.04. The van der Waals surface area contributed by atoms with Crippen LogP contribution in [0, 0.1) is 0 Å². The molecule has 0 saturated carbocycles. The molecule has 0 aliphatic heterocycles. The van der Waals surface area contributed by atoms with Gasteiger partial charge in [-0.3, -0.25) is 5.84 Å². The van der Waals surface area contributed by atoms with Crippen LogP contribution in [0.5, 0.6) is 0 Å². The lowest BCUT2D eigenvalue weighted by molar-refractivity contribution is 0.707. The molecular weight excluding hydrogens is 164 g/mol. The molecule has 0 aromatic heterocycles. The van der Waals surface area contributed by atoms with Gasteiger partial charge in [0.2, 0.25) is 0 Å². The molecule has 0 spiro atoms. The van der Waals surface area contributed by atoms with Crippen LogP contribution in [0.1, 0.15) is 32.6 Å². The fraction of sp³-hybridized carbons (Fsp3) is 0.778. The first kappa shape index (κ1) is 12.4. The van der Waals surface area contributed by atoms with Gasteiger partial charge in [0.25, 0.3) is 0 Å². The molecular formula is C9H22N4. The highest BCUT2D eigenvalue weighted by Gasteiger charge is 2.00. The van der Waals surface area contributed by atoms with Gasteiger partial charge in [-0.05, 0) is 45.7 Å².